The van der Waals surface area contributed by atoms with Gasteiger partial charge >= 0.3 is 5.97 Å². The number of carboxylic acids is 1. The Hall–Kier alpha value is -0.570. The molecule has 1 saturated carbocycles. The molecule has 17 heavy (non-hydrogen) atoms. The Balaban J connectivity index is 2.11. The third-order valence-electron chi connectivity index (χ3n) is 3.93. The number of rotatable bonds is 7. The Bertz CT molecular complexity index is 224. The summed E-state index contributed by atoms with van der Waals surface area (Å²) in [7, 11) is 0. The van der Waals surface area contributed by atoms with Crippen molar-refractivity contribution >= 4 is 5.97 Å². The third-order valence-corrected chi connectivity index (χ3v) is 3.93. The quantitative estimate of drug-likeness (QED) is 0.719. The molecule has 100 valence electrons. The second kappa shape index (κ2) is 7.70. The maximum atomic E-state index is 10.5. The first-order valence-corrected chi connectivity index (χ1v) is 7.05. The lowest BCUT2D eigenvalue weighted by molar-refractivity contribution is -0.137. The molecule has 0 spiro atoms. The van der Waals surface area contributed by atoms with Crippen molar-refractivity contribution in [1.29, 1.82) is 0 Å². The molecule has 3 nitrogen and oxygen atoms in total. The van der Waals surface area contributed by atoms with Crippen LogP contribution in [0.25, 0.3) is 0 Å². The van der Waals surface area contributed by atoms with Crippen molar-refractivity contribution in [2.45, 2.75) is 70.8 Å². The smallest absolute Gasteiger partial charge is 0.304 e. The SMILES string of the molecule is C[C@@H](CCC1CCCCC1)C[C@H](N)CC(=O)O. The minimum absolute atomic E-state index is 0.105. The normalized spacial score (nSPS) is 21.1. The van der Waals surface area contributed by atoms with Crippen LogP contribution in [0.4, 0.5) is 0 Å². The molecule has 0 aliphatic heterocycles. The molecular weight excluding hydrogens is 214 g/mol. The Labute approximate surface area is 105 Å². The lowest BCUT2D eigenvalue weighted by Crippen LogP contribution is -2.26. The highest BCUT2D eigenvalue weighted by Crippen LogP contribution is 2.29. The summed E-state index contributed by atoms with van der Waals surface area (Å²) in [5, 5.41) is 8.65. The predicted octanol–water partition coefficient (Wildman–Crippen LogP) is 3.18. The van der Waals surface area contributed by atoms with E-state index in [0.717, 1.165) is 12.3 Å². The molecule has 1 aliphatic carbocycles. The topological polar surface area (TPSA) is 63.3 Å². The number of aliphatic carboxylic acids is 1. The first-order valence-electron chi connectivity index (χ1n) is 7.05. The van der Waals surface area contributed by atoms with Crippen molar-refractivity contribution in [3.8, 4) is 0 Å². The molecule has 1 aliphatic rings. The van der Waals surface area contributed by atoms with Crippen molar-refractivity contribution in [2.24, 2.45) is 17.6 Å². The molecular formula is C14H27NO2. The highest BCUT2D eigenvalue weighted by molar-refractivity contribution is 5.67. The molecule has 0 bridgehead atoms. The van der Waals surface area contributed by atoms with Crippen molar-refractivity contribution in [2.75, 3.05) is 0 Å². The summed E-state index contributed by atoms with van der Waals surface area (Å²) in [6.45, 7) is 2.20. The second-order valence-electron chi connectivity index (χ2n) is 5.78. The first kappa shape index (κ1) is 14.5. The molecule has 0 aromatic rings. The molecule has 2 atom stereocenters. The van der Waals surface area contributed by atoms with Crippen LogP contribution < -0.4 is 5.73 Å². The highest BCUT2D eigenvalue weighted by atomic mass is 16.4. The summed E-state index contributed by atoms with van der Waals surface area (Å²) >= 11 is 0. The minimum atomic E-state index is -0.781. The first-order chi connectivity index (χ1) is 8.08. The largest absolute Gasteiger partial charge is 0.481 e. The van der Waals surface area contributed by atoms with E-state index in [-0.39, 0.29) is 12.5 Å². The van der Waals surface area contributed by atoms with Gasteiger partial charge in [0.2, 0.25) is 0 Å². The van der Waals surface area contributed by atoms with Crippen LogP contribution >= 0.6 is 0 Å². The van der Waals surface area contributed by atoms with Gasteiger partial charge < -0.3 is 10.8 Å². The fraction of sp³-hybridized carbons (Fsp3) is 0.929. The van der Waals surface area contributed by atoms with E-state index in [1.165, 1.54) is 44.9 Å². The van der Waals surface area contributed by atoms with Crippen molar-refractivity contribution in [3.05, 3.63) is 0 Å². The summed E-state index contributed by atoms with van der Waals surface area (Å²) in [5.74, 6) is 0.699. The van der Waals surface area contributed by atoms with Gasteiger partial charge in [0.05, 0.1) is 6.42 Å². The van der Waals surface area contributed by atoms with Crippen molar-refractivity contribution in [1.82, 2.24) is 0 Å². The average Bonchev–Trinajstić information content (AvgIpc) is 2.26. The average molecular weight is 241 g/mol. The van der Waals surface area contributed by atoms with Gasteiger partial charge in [-0.05, 0) is 18.3 Å². The lowest BCUT2D eigenvalue weighted by Gasteiger charge is -2.23. The standard InChI is InChI=1S/C14H27NO2/c1-11(9-13(15)10-14(16)17)7-8-12-5-3-2-4-6-12/h11-13H,2-10,15H2,1H3,(H,16,17)/t11-,13-/m0/s1. The van der Waals surface area contributed by atoms with E-state index in [2.05, 4.69) is 6.92 Å². The Kier molecular flexibility index (Phi) is 6.56. The van der Waals surface area contributed by atoms with Crippen LogP contribution in [-0.2, 0) is 4.79 Å². The number of nitrogens with two attached hydrogens (primary N) is 1. The van der Waals surface area contributed by atoms with Crippen LogP contribution in [0.2, 0.25) is 0 Å². The molecule has 0 radical (unpaired) electrons. The van der Waals surface area contributed by atoms with Gasteiger partial charge in [-0.2, -0.15) is 0 Å². The van der Waals surface area contributed by atoms with Crippen LogP contribution in [0.15, 0.2) is 0 Å². The highest BCUT2D eigenvalue weighted by Gasteiger charge is 2.16. The zero-order chi connectivity index (χ0) is 12.7. The number of hydrogen-bond acceptors (Lipinski definition) is 2. The minimum Gasteiger partial charge on any atom is -0.481 e. The van der Waals surface area contributed by atoms with E-state index in [9.17, 15) is 4.79 Å². The van der Waals surface area contributed by atoms with E-state index in [0.29, 0.717) is 5.92 Å². The predicted molar refractivity (Wildman–Crippen MR) is 69.8 cm³/mol. The van der Waals surface area contributed by atoms with Gasteiger partial charge in [0.1, 0.15) is 0 Å². The molecule has 0 saturated heterocycles. The van der Waals surface area contributed by atoms with Gasteiger partial charge in [0.25, 0.3) is 0 Å². The molecule has 0 heterocycles. The molecule has 0 aromatic heterocycles. The number of hydrogen-bond donors (Lipinski definition) is 2. The number of carboxylic acid groups (broad SMARTS) is 1. The number of carbonyl (C=O) groups is 1. The van der Waals surface area contributed by atoms with Crippen LogP contribution in [0.3, 0.4) is 0 Å². The zero-order valence-corrected chi connectivity index (χ0v) is 11.0. The molecule has 1 rings (SSSR count). The molecule has 0 amide bonds. The lowest BCUT2D eigenvalue weighted by atomic mass is 9.83. The Morgan fingerprint density at radius 1 is 1.35 bits per heavy atom. The molecule has 1 fully saturated rings. The van der Waals surface area contributed by atoms with Crippen molar-refractivity contribution < 1.29 is 9.90 Å². The second-order valence-corrected chi connectivity index (χ2v) is 5.78. The summed E-state index contributed by atoms with van der Waals surface area (Å²) < 4.78 is 0. The van der Waals surface area contributed by atoms with Crippen LogP contribution in [-0.4, -0.2) is 17.1 Å². The van der Waals surface area contributed by atoms with E-state index >= 15 is 0 Å². The van der Waals surface area contributed by atoms with Gasteiger partial charge in [-0.25, -0.2) is 0 Å². The zero-order valence-electron chi connectivity index (χ0n) is 11.0. The molecule has 0 aromatic carbocycles. The monoisotopic (exact) mass is 241 g/mol. The van der Waals surface area contributed by atoms with Gasteiger partial charge in [-0.15, -0.1) is 0 Å². The van der Waals surface area contributed by atoms with Gasteiger partial charge in [0.15, 0.2) is 0 Å². The Morgan fingerprint density at radius 3 is 2.59 bits per heavy atom. The fourth-order valence-corrected chi connectivity index (χ4v) is 2.94. The third kappa shape index (κ3) is 6.67. The summed E-state index contributed by atoms with van der Waals surface area (Å²) in [6.07, 6.45) is 10.5. The van der Waals surface area contributed by atoms with Gasteiger partial charge in [0, 0.05) is 6.04 Å². The van der Waals surface area contributed by atoms with Crippen LogP contribution in [0, 0.1) is 11.8 Å². The maximum absolute atomic E-state index is 10.5. The maximum Gasteiger partial charge on any atom is 0.304 e. The molecule has 0 unspecified atom stereocenters. The van der Waals surface area contributed by atoms with Crippen LogP contribution in [0.1, 0.15) is 64.7 Å². The summed E-state index contributed by atoms with van der Waals surface area (Å²) in [6, 6.07) is -0.172. The van der Waals surface area contributed by atoms with Crippen molar-refractivity contribution in [3.63, 3.8) is 0 Å². The Morgan fingerprint density at radius 2 is 2.00 bits per heavy atom. The molecule has 3 heteroatoms. The van der Waals surface area contributed by atoms with Crippen LogP contribution in [0.5, 0.6) is 0 Å². The van der Waals surface area contributed by atoms with E-state index < -0.39 is 5.97 Å². The van der Waals surface area contributed by atoms with E-state index in [1.54, 1.807) is 0 Å². The fourth-order valence-electron chi connectivity index (χ4n) is 2.94. The van der Waals surface area contributed by atoms with Gasteiger partial charge in [-0.1, -0.05) is 51.9 Å². The molecule has 3 N–H and O–H groups in total. The summed E-state index contributed by atoms with van der Waals surface area (Å²) in [4.78, 5) is 10.5. The van der Waals surface area contributed by atoms with Gasteiger partial charge in [-0.3, -0.25) is 4.79 Å². The van der Waals surface area contributed by atoms with E-state index in [1.807, 2.05) is 0 Å². The van der Waals surface area contributed by atoms with E-state index in [4.69, 9.17) is 10.8 Å². The summed E-state index contributed by atoms with van der Waals surface area (Å²) in [5.41, 5.74) is 5.80.